The third-order valence-electron chi connectivity index (χ3n) is 1.69. The molecule has 0 amide bonds. The Morgan fingerprint density at radius 2 is 1.69 bits per heavy atom. The van der Waals surface area contributed by atoms with Gasteiger partial charge >= 0.3 is 18.9 Å². The van der Waals surface area contributed by atoms with Crippen LogP contribution < -0.4 is 18.9 Å². The molecule has 1 aromatic heterocycles. The Bertz CT molecular complexity index is 307. The van der Waals surface area contributed by atoms with Crippen molar-refractivity contribution in [1.29, 1.82) is 0 Å². The maximum atomic E-state index is 3.94. The van der Waals surface area contributed by atoms with Gasteiger partial charge in [0.1, 0.15) is 0 Å². The second-order valence-electron chi connectivity index (χ2n) is 2.53. The van der Waals surface area contributed by atoms with E-state index in [9.17, 15) is 0 Å². The van der Waals surface area contributed by atoms with Crippen molar-refractivity contribution in [2.45, 2.75) is 0 Å². The number of pyridine rings is 1. The fourth-order valence-electron chi connectivity index (χ4n) is 1.10. The fraction of sp³-hybridized carbons (Fsp3) is 0. The van der Waals surface area contributed by atoms with Crippen LogP contribution in [0.15, 0.2) is 48.7 Å². The van der Waals surface area contributed by atoms with E-state index in [1.54, 1.807) is 6.20 Å². The van der Waals surface area contributed by atoms with Gasteiger partial charge in [-0.25, -0.2) is 0 Å². The first-order valence-corrected chi connectivity index (χ1v) is 3.85. The van der Waals surface area contributed by atoms with Crippen LogP contribution in [0.25, 0.3) is 11.1 Å². The van der Waals surface area contributed by atoms with E-state index in [1.807, 2.05) is 42.5 Å². The summed E-state index contributed by atoms with van der Waals surface area (Å²) in [6.07, 6.45) is 4.66. The van der Waals surface area contributed by atoms with Gasteiger partial charge in [0.05, 0.1) is 0 Å². The van der Waals surface area contributed by atoms with Gasteiger partial charge in [-0.3, -0.25) is 0 Å². The predicted octanol–water partition coefficient (Wildman–Crippen LogP) is -0.447. The summed E-state index contributed by atoms with van der Waals surface area (Å²) in [6.45, 7) is 0. The molecule has 0 bridgehead atoms. The Morgan fingerprint density at radius 1 is 0.923 bits per heavy atom. The van der Waals surface area contributed by atoms with E-state index in [-0.39, 0.29) is 18.9 Å². The average molecular weight is 161 g/mol. The summed E-state index contributed by atoms with van der Waals surface area (Å²) in [6, 6.07) is 14.0. The van der Waals surface area contributed by atoms with Crippen LogP contribution in [-0.2, 0) is 0 Å². The topological polar surface area (TPSA) is 12.9 Å². The van der Waals surface area contributed by atoms with Crippen LogP contribution in [0.3, 0.4) is 0 Å². The number of nitrogens with zero attached hydrogens (tertiary/aromatic N) is 1. The fourth-order valence-corrected chi connectivity index (χ4v) is 1.10. The Morgan fingerprint density at radius 3 is 2.31 bits per heavy atom. The molecule has 1 heterocycles. The van der Waals surface area contributed by atoms with E-state index in [2.05, 4.69) is 11.2 Å². The number of hydrogen-bond donors (Lipinski definition) is 0. The molecular weight excluding hydrogens is 153 g/mol. The predicted molar refractivity (Wildman–Crippen MR) is 48.5 cm³/mol. The molecule has 0 fully saturated rings. The quantitative estimate of drug-likeness (QED) is 0.408. The molecule has 2 aromatic rings. The molecule has 0 saturated heterocycles. The van der Waals surface area contributed by atoms with Crippen molar-refractivity contribution >= 4 is 0 Å². The molecule has 0 aliphatic carbocycles. The molecule has 58 valence electrons. The molecular formula is C11H8LiN. The van der Waals surface area contributed by atoms with Crippen LogP contribution in [0.1, 0.15) is 0 Å². The van der Waals surface area contributed by atoms with Gasteiger partial charge in [-0.2, -0.15) is 0 Å². The molecule has 0 spiro atoms. The molecule has 0 N–H and O–H groups in total. The number of rotatable bonds is 1. The van der Waals surface area contributed by atoms with Crippen LogP contribution in [0, 0.1) is 6.20 Å². The monoisotopic (exact) mass is 161 g/mol. The van der Waals surface area contributed by atoms with E-state index in [0.717, 1.165) is 11.1 Å². The summed E-state index contributed by atoms with van der Waals surface area (Å²) in [7, 11) is 0. The van der Waals surface area contributed by atoms with E-state index in [4.69, 9.17) is 0 Å². The standard InChI is InChI=1S/C11H8N.Li/c1-2-5-10(6-3-1)11-7-4-8-12-9-11;/h1-8H;/q-1;+1. The Kier molecular flexibility index (Phi) is 3.76. The minimum Gasteiger partial charge on any atom is -0.360 e. The molecule has 13 heavy (non-hydrogen) atoms. The van der Waals surface area contributed by atoms with Crippen LogP contribution in [0.5, 0.6) is 0 Å². The number of hydrogen-bond acceptors (Lipinski definition) is 1. The molecule has 0 radical (unpaired) electrons. The molecule has 0 atom stereocenters. The van der Waals surface area contributed by atoms with E-state index < -0.39 is 0 Å². The van der Waals surface area contributed by atoms with Gasteiger partial charge in [0.25, 0.3) is 0 Å². The van der Waals surface area contributed by atoms with Gasteiger partial charge in [-0.15, -0.1) is 17.7 Å². The number of aromatic nitrogens is 1. The van der Waals surface area contributed by atoms with Crippen molar-refractivity contribution in [3.05, 3.63) is 54.9 Å². The normalized spacial score (nSPS) is 8.92. The maximum absolute atomic E-state index is 3.94. The Labute approximate surface area is 90.0 Å². The van der Waals surface area contributed by atoms with Gasteiger partial charge in [0.2, 0.25) is 0 Å². The third kappa shape index (κ3) is 2.45. The molecule has 2 heteroatoms. The molecule has 0 aliphatic heterocycles. The van der Waals surface area contributed by atoms with Crippen LogP contribution in [0.4, 0.5) is 0 Å². The maximum Gasteiger partial charge on any atom is 1.00 e. The smallest absolute Gasteiger partial charge is 0.360 e. The summed E-state index contributed by atoms with van der Waals surface area (Å²) in [5, 5.41) is 0. The van der Waals surface area contributed by atoms with Gasteiger partial charge in [0, 0.05) is 0 Å². The summed E-state index contributed by atoms with van der Waals surface area (Å²) in [5.74, 6) is 0. The first-order valence-electron chi connectivity index (χ1n) is 3.85. The summed E-state index contributed by atoms with van der Waals surface area (Å²) in [4.78, 5) is 3.94. The minimum atomic E-state index is 0. The summed E-state index contributed by atoms with van der Waals surface area (Å²) in [5.41, 5.74) is 2.20. The first kappa shape index (κ1) is 10.1. The first-order chi connectivity index (χ1) is 5.97. The molecule has 2 rings (SSSR count). The Hall–Kier alpha value is -1.03. The second kappa shape index (κ2) is 4.86. The third-order valence-corrected chi connectivity index (χ3v) is 1.69. The van der Waals surface area contributed by atoms with Gasteiger partial charge in [0.15, 0.2) is 0 Å². The second-order valence-corrected chi connectivity index (χ2v) is 2.53. The minimum absolute atomic E-state index is 0. The zero-order valence-corrected chi connectivity index (χ0v) is 7.57. The largest absolute Gasteiger partial charge is 1.00 e. The zero-order valence-electron chi connectivity index (χ0n) is 7.57. The van der Waals surface area contributed by atoms with Crippen molar-refractivity contribution in [1.82, 2.24) is 4.98 Å². The van der Waals surface area contributed by atoms with E-state index in [1.165, 1.54) is 0 Å². The van der Waals surface area contributed by atoms with Crippen LogP contribution >= 0.6 is 0 Å². The molecule has 0 aliphatic rings. The van der Waals surface area contributed by atoms with Crippen molar-refractivity contribution in [3.8, 4) is 11.1 Å². The van der Waals surface area contributed by atoms with Gasteiger partial charge < -0.3 is 4.98 Å². The molecule has 0 unspecified atom stereocenters. The summed E-state index contributed by atoms with van der Waals surface area (Å²) >= 11 is 0. The number of benzene rings is 1. The Balaban J connectivity index is 0.000000845. The van der Waals surface area contributed by atoms with Gasteiger partial charge in [-0.05, 0) is 6.20 Å². The van der Waals surface area contributed by atoms with Crippen molar-refractivity contribution in [2.75, 3.05) is 0 Å². The average Bonchev–Trinajstić information content (AvgIpc) is 2.21. The van der Waals surface area contributed by atoms with Crippen molar-refractivity contribution in [3.63, 3.8) is 0 Å². The SMILES string of the molecule is [Li+].[c-]1ncccc1-c1ccccc1. The van der Waals surface area contributed by atoms with Crippen molar-refractivity contribution < 1.29 is 18.9 Å². The van der Waals surface area contributed by atoms with Crippen LogP contribution in [-0.4, -0.2) is 4.98 Å². The van der Waals surface area contributed by atoms with Crippen LogP contribution in [0.2, 0.25) is 0 Å². The van der Waals surface area contributed by atoms with E-state index >= 15 is 0 Å². The summed E-state index contributed by atoms with van der Waals surface area (Å²) < 4.78 is 0. The van der Waals surface area contributed by atoms with Gasteiger partial charge in [-0.1, -0.05) is 42.1 Å². The molecule has 0 saturated carbocycles. The van der Waals surface area contributed by atoms with E-state index in [0.29, 0.717) is 0 Å². The molecule has 1 nitrogen and oxygen atoms in total. The zero-order chi connectivity index (χ0) is 8.23. The molecule has 1 aromatic carbocycles. The van der Waals surface area contributed by atoms with Crippen molar-refractivity contribution in [2.24, 2.45) is 0 Å².